The standard InChI is InChI=1S/C7H7ClN2O3S/c1-9-5(11)3-4(6(12)13-2)14-7(8)10-3/h1-2H3,(H,9,11). The van der Waals surface area contributed by atoms with Crippen LogP contribution in [0.4, 0.5) is 0 Å². The lowest BCUT2D eigenvalue weighted by molar-refractivity contribution is 0.0602. The lowest BCUT2D eigenvalue weighted by Gasteiger charge is -1.97. The summed E-state index contributed by atoms with van der Waals surface area (Å²) in [5, 5.41) is 2.35. The highest BCUT2D eigenvalue weighted by molar-refractivity contribution is 7.17. The van der Waals surface area contributed by atoms with Gasteiger partial charge >= 0.3 is 5.97 Å². The lowest BCUT2D eigenvalue weighted by atomic mass is 10.3. The summed E-state index contributed by atoms with van der Waals surface area (Å²) in [4.78, 5) is 26.2. The van der Waals surface area contributed by atoms with Gasteiger partial charge in [0.25, 0.3) is 5.91 Å². The van der Waals surface area contributed by atoms with Gasteiger partial charge in [-0.1, -0.05) is 22.9 Å². The quantitative estimate of drug-likeness (QED) is 0.774. The van der Waals surface area contributed by atoms with E-state index in [2.05, 4.69) is 15.0 Å². The van der Waals surface area contributed by atoms with E-state index in [0.717, 1.165) is 11.3 Å². The molecule has 0 saturated carbocycles. The molecule has 1 N–H and O–H groups in total. The molecule has 1 amide bonds. The number of hydrogen-bond acceptors (Lipinski definition) is 5. The van der Waals surface area contributed by atoms with Crippen LogP contribution in [0.2, 0.25) is 4.47 Å². The molecular formula is C7H7ClN2O3S. The average molecular weight is 235 g/mol. The van der Waals surface area contributed by atoms with Crippen molar-refractivity contribution >= 4 is 34.8 Å². The predicted octanol–water partition coefficient (Wildman–Crippen LogP) is 0.943. The summed E-state index contributed by atoms with van der Waals surface area (Å²) in [6.07, 6.45) is 0. The SMILES string of the molecule is CNC(=O)c1nc(Cl)sc1C(=O)OC. The summed E-state index contributed by atoms with van der Waals surface area (Å²) >= 11 is 6.50. The largest absolute Gasteiger partial charge is 0.465 e. The Kier molecular flexibility index (Phi) is 3.43. The number of nitrogens with one attached hydrogen (secondary N) is 1. The molecular weight excluding hydrogens is 228 g/mol. The number of hydrogen-bond donors (Lipinski definition) is 1. The summed E-state index contributed by atoms with van der Waals surface area (Å²) in [7, 11) is 2.67. The zero-order valence-corrected chi connectivity index (χ0v) is 9.03. The average Bonchev–Trinajstić information content (AvgIpc) is 2.58. The molecule has 0 bridgehead atoms. The molecule has 5 nitrogen and oxygen atoms in total. The smallest absolute Gasteiger partial charge is 0.350 e. The van der Waals surface area contributed by atoms with E-state index in [1.54, 1.807) is 0 Å². The van der Waals surface area contributed by atoms with Crippen molar-refractivity contribution in [1.82, 2.24) is 10.3 Å². The summed E-state index contributed by atoms with van der Waals surface area (Å²) in [5.41, 5.74) is -0.00523. The van der Waals surface area contributed by atoms with E-state index in [-0.39, 0.29) is 15.0 Å². The summed E-state index contributed by atoms with van der Waals surface area (Å²) in [6.45, 7) is 0. The highest BCUT2D eigenvalue weighted by atomic mass is 35.5. The van der Waals surface area contributed by atoms with Crippen molar-refractivity contribution < 1.29 is 14.3 Å². The maximum Gasteiger partial charge on any atom is 0.350 e. The highest BCUT2D eigenvalue weighted by Crippen LogP contribution is 2.23. The van der Waals surface area contributed by atoms with Crippen LogP contribution in [0.15, 0.2) is 0 Å². The summed E-state index contributed by atoms with van der Waals surface area (Å²) in [5.74, 6) is -1.08. The van der Waals surface area contributed by atoms with Gasteiger partial charge in [-0.2, -0.15) is 0 Å². The third kappa shape index (κ3) is 2.02. The molecule has 76 valence electrons. The molecule has 0 aliphatic carbocycles. The Balaban J connectivity index is 3.15. The van der Waals surface area contributed by atoms with E-state index >= 15 is 0 Å². The van der Waals surface area contributed by atoms with Crippen LogP contribution in [0.5, 0.6) is 0 Å². The number of carbonyl (C=O) groups is 2. The molecule has 0 fully saturated rings. The van der Waals surface area contributed by atoms with Crippen LogP contribution >= 0.6 is 22.9 Å². The number of carbonyl (C=O) groups excluding carboxylic acids is 2. The van der Waals surface area contributed by atoms with Crippen molar-refractivity contribution in [3.05, 3.63) is 15.0 Å². The molecule has 1 heterocycles. The number of halogens is 1. The number of thiazole rings is 1. The third-order valence-electron chi connectivity index (χ3n) is 1.41. The second-order valence-electron chi connectivity index (χ2n) is 2.22. The fraction of sp³-hybridized carbons (Fsp3) is 0.286. The van der Waals surface area contributed by atoms with Crippen molar-refractivity contribution in [1.29, 1.82) is 0 Å². The third-order valence-corrected chi connectivity index (χ3v) is 2.55. The molecule has 0 spiro atoms. The zero-order valence-electron chi connectivity index (χ0n) is 7.46. The van der Waals surface area contributed by atoms with E-state index in [1.165, 1.54) is 14.2 Å². The van der Waals surface area contributed by atoms with E-state index < -0.39 is 11.9 Å². The van der Waals surface area contributed by atoms with Crippen molar-refractivity contribution in [2.75, 3.05) is 14.2 Å². The van der Waals surface area contributed by atoms with E-state index in [0.29, 0.717) is 0 Å². The first-order valence-electron chi connectivity index (χ1n) is 3.57. The molecule has 14 heavy (non-hydrogen) atoms. The van der Waals surface area contributed by atoms with Crippen LogP contribution in [-0.4, -0.2) is 31.0 Å². The van der Waals surface area contributed by atoms with Crippen LogP contribution in [-0.2, 0) is 4.74 Å². The second-order valence-corrected chi connectivity index (χ2v) is 3.80. The number of amides is 1. The Bertz CT molecular complexity index is 344. The van der Waals surface area contributed by atoms with Crippen LogP contribution in [0, 0.1) is 0 Å². The van der Waals surface area contributed by atoms with Gasteiger partial charge in [-0.15, -0.1) is 0 Å². The van der Waals surface area contributed by atoms with Crippen molar-refractivity contribution in [2.24, 2.45) is 0 Å². The first kappa shape index (κ1) is 10.9. The number of rotatable bonds is 2. The summed E-state index contributed by atoms with van der Waals surface area (Å²) < 4.78 is 4.61. The Morgan fingerprint density at radius 3 is 2.71 bits per heavy atom. The van der Waals surface area contributed by atoms with Crippen molar-refractivity contribution in [3.63, 3.8) is 0 Å². The Morgan fingerprint density at radius 1 is 1.57 bits per heavy atom. The molecule has 0 aromatic carbocycles. The fourth-order valence-electron chi connectivity index (χ4n) is 0.797. The number of methoxy groups -OCH3 is 1. The highest BCUT2D eigenvalue weighted by Gasteiger charge is 2.22. The van der Waals surface area contributed by atoms with Crippen LogP contribution in [0.3, 0.4) is 0 Å². The first-order valence-corrected chi connectivity index (χ1v) is 4.76. The van der Waals surface area contributed by atoms with Gasteiger partial charge in [0.15, 0.2) is 10.2 Å². The Labute approximate surface area is 89.0 Å². The molecule has 1 aromatic heterocycles. The molecule has 0 atom stereocenters. The monoisotopic (exact) mass is 234 g/mol. The normalized spacial score (nSPS) is 9.64. The van der Waals surface area contributed by atoms with Gasteiger partial charge in [0.2, 0.25) is 0 Å². The van der Waals surface area contributed by atoms with Crippen LogP contribution in [0.25, 0.3) is 0 Å². The minimum atomic E-state index is -0.618. The van der Waals surface area contributed by atoms with E-state index in [4.69, 9.17) is 11.6 Å². The van der Waals surface area contributed by atoms with Crippen molar-refractivity contribution in [3.8, 4) is 0 Å². The minimum Gasteiger partial charge on any atom is -0.465 e. The second kappa shape index (κ2) is 4.39. The number of aromatic nitrogens is 1. The van der Waals surface area contributed by atoms with Gasteiger partial charge in [0.05, 0.1) is 7.11 Å². The maximum atomic E-state index is 11.2. The maximum absolute atomic E-state index is 11.2. The Morgan fingerprint density at radius 2 is 2.21 bits per heavy atom. The van der Waals surface area contributed by atoms with Crippen molar-refractivity contribution in [2.45, 2.75) is 0 Å². The fourth-order valence-corrected chi connectivity index (χ4v) is 1.82. The van der Waals surface area contributed by atoms with Gasteiger partial charge in [0.1, 0.15) is 4.88 Å². The minimum absolute atomic E-state index is 0.00523. The van der Waals surface area contributed by atoms with Gasteiger partial charge in [-0.05, 0) is 0 Å². The molecule has 0 aliphatic heterocycles. The van der Waals surface area contributed by atoms with Crippen LogP contribution in [0.1, 0.15) is 20.2 Å². The molecule has 1 aromatic rings. The van der Waals surface area contributed by atoms with Gasteiger partial charge in [-0.3, -0.25) is 4.79 Å². The first-order chi connectivity index (χ1) is 6.60. The molecule has 0 saturated heterocycles. The Hall–Kier alpha value is -1.14. The van der Waals surface area contributed by atoms with E-state index in [9.17, 15) is 9.59 Å². The lowest BCUT2D eigenvalue weighted by Crippen LogP contribution is -2.21. The molecule has 1 rings (SSSR count). The molecule has 0 unspecified atom stereocenters. The van der Waals surface area contributed by atoms with Gasteiger partial charge in [0, 0.05) is 7.05 Å². The van der Waals surface area contributed by atoms with Crippen LogP contribution < -0.4 is 5.32 Å². The van der Waals surface area contributed by atoms with Gasteiger partial charge < -0.3 is 10.1 Å². The number of esters is 1. The predicted molar refractivity (Wildman–Crippen MR) is 51.9 cm³/mol. The summed E-state index contributed by atoms with van der Waals surface area (Å²) in [6, 6.07) is 0. The van der Waals surface area contributed by atoms with E-state index in [1.807, 2.05) is 0 Å². The van der Waals surface area contributed by atoms with Gasteiger partial charge in [-0.25, -0.2) is 9.78 Å². The number of ether oxygens (including phenoxy) is 1. The zero-order chi connectivity index (χ0) is 10.7. The molecule has 0 aliphatic rings. The number of nitrogens with zero attached hydrogens (tertiary/aromatic N) is 1. The molecule has 7 heteroatoms. The molecule has 0 radical (unpaired) electrons. The topological polar surface area (TPSA) is 68.3 Å².